The number of rotatable bonds is 7. The van der Waals surface area contributed by atoms with Crippen molar-refractivity contribution >= 4 is 34.7 Å². The van der Waals surface area contributed by atoms with Crippen LogP contribution in [0.15, 0.2) is 54.2 Å². The Balaban J connectivity index is 1.35. The van der Waals surface area contributed by atoms with Gasteiger partial charge in [0.25, 0.3) is 5.91 Å². The number of aromatic hydroxyl groups is 2. The van der Waals surface area contributed by atoms with E-state index in [-0.39, 0.29) is 16.7 Å². The van der Waals surface area contributed by atoms with Crippen LogP contribution in [0.25, 0.3) is 0 Å². The van der Waals surface area contributed by atoms with E-state index in [1.54, 1.807) is 37.3 Å². The van der Waals surface area contributed by atoms with E-state index in [1.807, 2.05) is 0 Å². The van der Waals surface area contributed by atoms with Gasteiger partial charge in [-0.15, -0.1) is 0 Å². The Kier molecular flexibility index (Phi) is 9.29. The summed E-state index contributed by atoms with van der Waals surface area (Å²) >= 11 is 0. The van der Waals surface area contributed by atoms with Gasteiger partial charge >= 0.3 is 0 Å². The van der Waals surface area contributed by atoms with Crippen LogP contribution in [0.1, 0.15) is 75.4 Å². The standard InChI is InChI=1S/C39H38N2O14/c1-15-10-17-11-24(44)39(54-4)35(50)27-20(34(49)38(39,52)28(17)32(48)25(15)36(51)40-18-8-6-5-7-9-18)12-19-26(31(27)47)23(43)13-22(29(19)45)41-37-21(14-42)30(46)33(53-3)16(2)55-37/h5-10,12-13,16,21,24,30,33,37,41-42,44,46-48,52H,11,14H2,1-4H3,(H,40,51)/t16-,21+,24+,30-,33-,37-,38-,39+/m0/s1. The number of anilines is 1. The summed E-state index contributed by atoms with van der Waals surface area (Å²) in [5.41, 5.74) is -9.79. The van der Waals surface area contributed by atoms with E-state index >= 15 is 0 Å². The molecular weight excluding hydrogens is 720 g/mol. The molecule has 4 aliphatic rings. The topological polar surface area (TPSA) is 258 Å². The van der Waals surface area contributed by atoms with Gasteiger partial charge in [0.15, 0.2) is 17.0 Å². The fourth-order valence-electron chi connectivity index (χ4n) is 8.54. The number of carbonyl (C=O) groups is 5. The molecule has 1 aliphatic heterocycles. The number of para-hydroxylation sites is 1. The van der Waals surface area contributed by atoms with Crippen molar-refractivity contribution in [2.75, 3.05) is 26.1 Å². The minimum absolute atomic E-state index is 0.000519. The summed E-state index contributed by atoms with van der Waals surface area (Å²) < 4.78 is 16.7. The molecule has 3 aromatic rings. The summed E-state index contributed by atoms with van der Waals surface area (Å²) in [5, 5.41) is 73.8. The molecule has 0 bridgehead atoms. The molecule has 1 amide bonds. The van der Waals surface area contributed by atoms with Gasteiger partial charge < -0.3 is 55.5 Å². The van der Waals surface area contributed by atoms with E-state index in [0.29, 0.717) is 5.69 Å². The number of benzene rings is 3. The Hall–Kier alpha value is -5.33. The van der Waals surface area contributed by atoms with Crippen LogP contribution in [0.5, 0.6) is 11.5 Å². The third-order valence-electron chi connectivity index (χ3n) is 11.2. The molecule has 1 heterocycles. The summed E-state index contributed by atoms with van der Waals surface area (Å²) in [6.45, 7) is 2.46. The number of aliphatic hydroxyl groups is 4. The highest BCUT2D eigenvalue weighted by atomic mass is 16.6. The van der Waals surface area contributed by atoms with Crippen LogP contribution >= 0.6 is 0 Å². The second kappa shape index (κ2) is 13.5. The third-order valence-corrected chi connectivity index (χ3v) is 11.2. The lowest BCUT2D eigenvalue weighted by Crippen LogP contribution is -2.73. The lowest BCUT2D eigenvalue weighted by atomic mass is 9.56. The predicted octanol–water partition coefficient (Wildman–Crippen LogP) is 0.809. The molecule has 16 nitrogen and oxygen atoms in total. The first-order chi connectivity index (χ1) is 26.1. The molecule has 0 spiro atoms. The van der Waals surface area contributed by atoms with Crippen LogP contribution < -0.4 is 10.6 Å². The molecule has 1 fully saturated rings. The smallest absolute Gasteiger partial charge is 0.259 e. The first-order valence-electron chi connectivity index (χ1n) is 17.3. The van der Waals surface area contributed by atoms with Gasteiger partial charge in [-0.1, -0.05) is 24.3 Å². The van der Waals surface area contributed by atoms with Gasteiger partial charge in [0.1, 0.15) is 23.8 Å². The van der Waals surface area contributed by atoms with E-state index < -0.39 is 135 Å². The van der Waals surface area contributed by atoms with Crippen LogP contribution in [0, 0.1) is 12.8 Å². The molecule has 55 heavy (non-hydrogen) atoms. The number of hydrogen-bond donors (Lipinski definition) is 8. The zero-order chi connectivity index (χ0) is 39.9. The first kappa shape index (κ1) is 38.0. The van der Waals surface area contributed by atoms with Gasteiger partial charge in [-0.3, -0.25) is 24.0 Å². The molecule has 8 atom stereocenters. The number of hydrogen-bond acceptors (Lipinski definition) is 15. The molecule has 0 saturated carbocycles. The maximum absolute atomic E-state index is 14.8. The zero-order valence-corrected chi connectivity index (χ0v) is 29.9. The largest absolute Gasteiger partial charge is 0.507 e. The number of phenolic OH excluding ortho intramolecular Hbond substituents is 2. The number of amides is 1. The molecule has 7 rings (SSSR count). The number of ether oxygens (including phenoxy) is 3. The average molecular weight is 759 g/mol. The van der Waals surface area contributed by atoms with Crippen molar-refractivity contribution in [1.82, 2.24) is 5.32 Å². The number of phenols is 2. The summed E-state index contributed by atoms with van der Waals surface area (Å²) in [6.07, 6.45) is -5.65. The summed E-state index contributed by atoms with van der Waals surface area (Å²) in [6, 6.07) is 10.4. The van der Waals surface area contributed by atoms with Crippen molar-refractivity contribution in [3.8, 4) is 11.5 Å². The van der Waals surface area contributed by atoms with Crippen molar-refractivity contribution in [2.45, 2.75) is 62.1 Å². The Morgan fingerprint density at radius 2 is 1.67 bits per heavy atom. The van der Waals surface area contributed by atoms with Gasteiger partial charge in [0, 0.05) is 49.1 Å². The van der Waals surface area contributed by atoms with Crippen molar-refractivity contribution in [3.05, 3.63) is 98.7 Å². The number of ketones is 4. The lowest BCUT2D eigenvalue weighted by Gasteiger charge is -2.53. The summed E-state index contributed by atoms with van der Waals surface area (Å²) in [4.78, 5) is 70.6. The molecule has 0 unspecified atom stereocenters. The fourth-order valence-corrected chi connectivity index (χ4v) is 8.54. The number of fused-ring (bicyclic) bond motifs is 5. The van der Waals surface area contributed by atoms with Crippen molar-refractivity contribution < 1.29 is 68.8 Å². The van der Waals surface area contributed by atoms with Crippen molar-refractivity contribution in [1.29, 1.82) is 0 Å². The predicted molar refractivity (Wildman–Crippen MR) is 189 cm³/mol. The summed E-state index contributed by atoms with van der Waals surface area (Å²) in [7, 11) is 2.27. The second-order valence-electron chi connectivity index (χ2n) is 14.1. The molecule has 0 radical (unpaired) electrons. The van der Waals surface area contributed by atoms with Gasteiger partial charge in [0.05, 0.1) is 53.2 Å². The number of Topliss-reactive ketones (excluding diaryl/α,β-unsaturated/α-hetero) is 3. The maximum Gasteiger partial charge on any atom is 0.259 e. The molecule has 0 aromatic heterocycles. The molecule has 3 aliphatic carbocycles. The first-order valence-corrected chi connectivity index (χ1v) is 17.3. The normalized spacial score (nSPS) is 29.8. The van der Waals surface area contributed by atoms with Crippen LogP contribution in [0.2, 0.25) is 0 Å². The SMILES string of the molecule is CO[C@@H]1[C@@H](O)[C@@H](CO)[C@@H](NC2=CC(=O)c3c(cc4c(c3O)C(=O)[C@]3(OC)[C@H](O)Cc5cc(C)c(C(=O)Nc6ccccc6)c(O)c5[C@]3(O)C4=O)C2=O)O[C@H]1C. The quantitative estimate of drug-likeness (QED) is 0.166. The number of aliphatic hydroxyl groups excluding tert-OH is 3. The number of allylic oxidation sites excluding steroid dienone is 2. The van der Waals surface area contributed by atoms with Crippen molar-refractivity contribution in [3.63, 3.8) is 0 Å². The Bertz CT molecular complexity index is 2220. The van der Waals surface area contributed by atoms with Gasteiger partial charge in [-0.05, 0) is 43.2 Å². The fraction of sp³-hybridized carbons (Fsp3) is 0.359. The molecule has 288 valence electrons. The Labute approximate surface area is 313 Å². The zero-order valence-electron chi connectivity index (χ0n) is 29.9. The highest BCUT2D eigenvalue weighted by Crippen LogP contribution is 2.56. The molecular formula is C39H38N2O14. The highest BCUT2D eigenvalue weighted by molar-refractivity contribution is 6.31. The molecule has 3 aromatic carbocycles. The Morgan fingerprint density at radius 3 is 2.31 bits per heavy atom. The number of carbonyl (C=O) groups excluding carboxylic acids is 5. The van der Waals surface area contributed by atoms with Gasteiger partial charge in [0.2, 0.25) is 17.3 Å². The van der Waals surface area contributed by atoms with Crippen LogP contribution in [0.3, 0.4) is 0 Å². The van der Waals surface area contributed by atoms with Gasteiger partial charge in [-0.2, -0.15) is 0 Å². The molecule has 8 N–H and O–H groups in total. The van der Waals surface area contributed by atoms with E-state index in [0.717, 1.165) is 19.3 Å². The monoisotopic (exact) mass is 758 g/mol. The van der Waals surface area contributed by atoms with Crippen molar-refractivity contribution in [2.24, 2.45) is 5.92 Å². The number of aryl methyl sites for hydroxylation is 1. The third kappa shape index (κ3) is 5.21. The maximum atomic E-state index is 14.8. The van der Waals surface area contributed by atoms with E-state index in [1.165, 1.54) is 20.1 Å². The minimum Gasteiger partial charge on any atom is -0.507 e. The van der Waals surface area contributed by atoms with Crippen LogP contribution in [-0.2, 0) is 26.2 Å². The highest BCUT2D eigenvalue weighted by Gasteiger charge is 2.72. The number of methoxy groups -OCH3 is 2. The van der Waals surface area contributed by atoms with E-state index in [4.69, 9.17) is 14.2 Å². The summed E-state index contributed by atoms with van der Waals surface area (Å²) in [5.74, 6) is -8.55. The van der Waals surface area contributed by atoms with E-state index in [2.05, 4.69) is 10.6 Å². The van der Waals surface area contributed by atoms with Crippen LogP contribution in [-0.4, -0.2) is 117 Å². The van der Waals surface area contributed by atoms with Crippen LogP contribution in [0.4, 0.5) is 5.69 Å². The Morgan fingerprint density at radius 1 is 0.982 bits per heavy atom. The average Bonchev–Trinajstić information content (AvgIpc) is 3.13. The molecule has 1 saturated heterocycles. The second-order valence-corrected chi connectivity index (χ2v) is 14.1. The molecule has 16 heteroatoms. The van der Waals surface area contributed by atoms with Gasteiger partial charge in [-0.25, -0.2) is 0 Å². The minimum atomic E-state index is -3.26. The lowest BCUT2D eigenvalue weighted by molar-refractivity contribution is -0.214. The number of nitrogens with one attached hydrogen (secondary N) is 2. The van der Waals surface area contributed by atoms with E-state index in [9.17, 15) is 54.6 Å².